The Morgan fingerprint density at radius 2 is 1.92 bits per heavy atom. The molecular formula is C18H20N2O4. The number of non-ortho nitro benzene ring substituents is 1. The van der Waals surface area contributed by atoms with Crippen LogP contribution in [0.15, 0.2) is 47.5 Å². The SMILES string of the molecule is CC(C)[C@@H](CO)N=Cc1cc([N+](=O)[O-])cc(-c2ccccc2)c1O. The van der Waals surface area contributed by atoms with Crippen LogP contribution >= 0.6 is 0 Å². The molecule has 0 unspecified atom stereocenters. The number of benzene rings is 2. The van der Waals surface area contributed by atoms with Crippen LogP contribution in [0.2, 0.25) is 0 Å². The molecule has 0 aliphatic heterocycles. The summed E-state index contributed by atoms with van der Waals surface area (Å²) in [4.78, 5) is 14.9. The third-order valence-corrected chi connectivity index (χ3v) is 3.78. The molecule has 0 aromatic heterocycles. The minimum atomic E-state index is -0.505. The molecule has 6 heteroatoms. The number of rotatable bonds is 6. The van der Waals surface area contributed by atoms with E-state index in [1.54, 1.807) is 24.3 Å². The van der Waals surface area contributed by atoms with Gasteiger partial charge in [0.2, 0.25) is 0 Å². The second-order valence-corrected chi connectivity index (χ2v) is 5.83. The average molecular weight is 328 g/mol. The van der Waals surface area contributed by atoms with Crippen molar-refractivity contribution in [2.45, 2.75) is 19.9 Å². The lowest BCUT2D eigenvalue weighted by molar-refractivity contribution is -0.384. The number of nitro groups is 1. The van der Waals surface area contributed by atoms with Gasteiger partial charge >= 0.3 is 0 Å². The van der Waals surface area contributed by atoms with Gasteiger partial charge in [-0.2, -0.15) is 0 Å². The highest BCUT2D eigenvalue weighted by atomic mass is 16.6. The number of hydrogen-bond acceptors (Lipinski definition) is 5. The van der Waals surface area contributed by atoms with Gasteiger partial charge in [0.1, 0.15) is 5.75 Å². The number of aromatic hydroxyl groups is 1. The molecule has 0 bridgehead atoms. The maximum Gasteiger partial charge on any atom is 0.270 e. The van der Waals surface area contributed by atoms with E-state index in [0.717, 1.165) is 0 Å². The van der Waals surface area contributed by atoms with E-state index in [9.17, 15) is 20.3 Å². The topological polar surface area (TPSA) is 96.0 Å². The second kappa shape index (κ2) is 7.70. The molecule has 0 aliphatic carbocycles. The Kier molecular flexibility index (Phi) is 5.65. The van der Waals surface area contributed by atoms with Gasteiger partial charge < -0.3 is 10.2 Å². The molecular weight excluding hydrogens is 308 g/mol. The fourth-order valence-electron chi connectivity index (χ4n) is 2.29. The summed E-state index contributed by atoms with van der Waals surface area (Å²) in [6.45, 7) is 3.71. The van der Waals surface area contributed by atoms with Gasteiger partial charge in [-0.15, -0.1) is 0 Å². The van der Waals surface area contributed by atoms with Crippen LogP contribution in [0.4, 0.5) is 5.69 Å². The van der Waals surface area contributed by atoms with E-state index in [0.29, 0.717) is 11.1 Å². The first-order chi connectivity index (χ1) is 11.4. The molecule has 2 rings (SSSR count). The summed E-state index contributed by atoms with van der Waals surface area (Å²) < 4.78 is 0. The molecule has 6 nitrogen and oxygen atoms in total. The fraction of sp³-hybridized carbons (Fsp3) is 0.278. The van der Waals surface area contributed by atoms with Gasteiger partial charge in [0, 0.05) is 29.5 Å². The maximum atomic E-state index is 11.2. The second-order valence-electron chi connectivity index (χ2n) is 5.83. The predicted molar refractivity (Wildman–Crippen MR) is 93.5 cm³/mol. The lowest BCUT2D eigenvalue weighted by atomic mass is 10.0. The summed E-state index contributed by atoms with van der Waals surface area (Å²) in [5.41, 5.74) is 1.17. The van der Waals surface area contributed by atoms with Crippen molar-refractivity contribution in [3.8, 4) is 16.9 Å². The largest absolute Gasteiger partial charge is 0.507 e. The number of aliphatic imine (C=N–C) groups is 1. The first kappa shape index (κ1) is 17.6. The number of aliphatic hydroxyl groups excluding tert-OH is 1. The van der Waals surface area contributed by atoms with Crippen LogP contribution in [0, 0.1) is 16.0 Å². The van der Waals surface area contributed by atoms with Gasteiger partial charge in [0.05, 0.1) is 17.6 Å². The molecule has 2 aromatic carbocycles. The van der Waals surface area contributed by atoms with Crippen molar-refractivity contribution < 1.29 is 15.1 Å². The van der Waals surface area contributed by atoms with Crippen molar-refractivity contribution in [3.63, 3.8) is 0 Å². The monoisotopic (exact) mass is 328 g/mol. The number of phenolic OH excluding ortho intramolecular Hbond substituents is 1. The molecule has 0 amide bonds. The molecule has 0 radical (unpaired) electrons. The van der Waals surface area contributed by atoms with Crippen LogP contribution < -0.4 is 0 Å². The molecule has 24 heavy (non-hydrogen) atoms. The van der Waals surface area contributed by atoms with E-state index in [4.69, 9.17) is 0 Å². The van der Waals surface area contributed by atoms with Crippen LogP contribution in [0.1, 0.15) is 19.4 Å². The van der Waals surface area contributed by atoms with E-state index in [1.165, 1.54) is 18.3 Å². The van der Waals surface area contributed by atoms with Crippen molar-refractivity contribution in [3.05, 3.63) is 58.1 Å². The van der Waals surface area contributed by atoms with Gasteiger partial charge in [-0.25, -0.2) is 0 Å². The van der Waals surface area contributed by atoms with E-state index in [-0.39, 0.29) is 35.6 Å². The zero-order valence-electron chi connectivity index (χ0n) is 13.6. The van der Waals surface area contributed by atoms with E-state index >= 15 is 0 Å². The normalized spacial score (nSPS) is 12.7. The molecule has 2 N–H and O–H groups in total. The Bertz CT molecular complexity index is 742. The quantitative estimate of drug-likeness (QED) is 0.482. The number of hydrogen-bond donors (Lipinski definition) is 2. The number of aliphatic hydroxyl groups is 1. The zero-order valence-corrected chi connectivity index (χ0v) is 13.6. The van der Waals surface area contributed by atoms with Gasteiger partial charge in [-0.3, -0.25) is 15.1 Å². The summed E-state index contributed by atoms with van der Waals surface area (Å²) in [6.07, 6.45) is 1.38. The van der Waals surface area contributed by atoms with Crippen molar-refractivity contribution in [2.24, 2.45) is 10.9 Å². The summed E-state index contributed by atoms with van der Waals surface area (Å²) in [5.74, 6) is 0.0386. The number of nitro benzene ring substituents is 1. The third-order valence-electron chi connectivity index (χ3n) is 3.78. The Morgan fingerprint density at radius 3 is 2.46 bits per heavy atom. The molecule has 0 aliphatic rings. The summed E-state index contributed by atoms with van der Waals surface area (Å²) in [5, 5.41) is 31.0. The Morgan fingerprint density at radius 1 is 1.25 bits per heavy atom. The highest BCUT2D eigenvalue weighted by Gasteiger charge is 2.17. The van der Waals surface area contributed by atoms with Crippen molar-refractivity contribution in [1.82, 2.24) is 0 Å². The molecule has 0 fully saturated rings. The van der Waals surface area contributed by atoms with Crippen molar-refractivity contribution >= 4 is 11.9 Å². The number of phenols is 1. The minimum Gasteiger partial charge on any atom is -0.507 e. The molecule has 0 spiro atoms. The lowest BCUT2D eigenvalue weighted by Crippen LogP contribution is -2.17. The first-order valence-corrected chi connectivity index (χ1v) is 7.65. The average Bonchev–Trinajstić information content (AvgIpc) is 2.57. The van der Waals surface area contributed by atoms with Crippen LogP contribution in [-0.4, -0.2) is 34.0 Å². The Hall–Kier alpha value is -2.73. The van der Waals surface area contributed by atoms with Crippen LogP contribution in [-0.2, 0) is 0 Å². The molecule has 2 aromatic rings. The number of nitrogens with zero attached hydrogens (tertiary/aromatic N) is 2. The fourth-order valence-corrected chi connectivity index (χ4v) is 2.29. The van der Waals surface area contributed by atoms with Gasteiger partial charge in [-0.1, -0.05) is 44.2 Å². The summed E-state index contributed by atoms with van der Waals surface area (Å²) in [7, 11) is 0. The Labute approximate surface area is 140 Å². The highest BCUT2D eigenvalue weighted by molar-refractivity contribution is 5.90. The molecule has 126 valence electrons. The van der Waals surface area contributed by atoms with Crippen LogP contribution in [0.3, 0.4) is 0 Å². The maximum absolute atomic E-state index is 11.2. The van der Waals surface area contributed by atoms with Gasteiger partial charge in [0.15, 0.2) is 0 Å². The van der Waals surface area contributed by atoms with Crippen molar-refractivity contribution in [1.29, 1.82) is 0 Å². The molecule has 0 saturated heterocycles. The third kappa shape index (κ3) is 3.97. The molecule has 0 heterocycles. The predicted octanol–water partition coefficient (Wildman–Crippen LogP) is 3.40. The molecule has 1 atom stereocenters. The Balaban J connectivity index is 2.53. The van der Waals surface area contributed by atoms with E-state index < -0.39 is 4.92 Å². The van der Waals surface area contributed by atoms with Crippen molar-refractivity contribution in [2.75, 3.05) is 6.61 Å². The lowest BCUT2D eigenvalue weighted by Gasteiger charge is -2.13. The zero-order chi connectivity index (χ0) is 17.7. The van der Waals surface area contributed by atoms with Crippen LogP contribution in [0.25, 0.3) is 11.1 Å². The van der Waals surface area contributed by atoms with Gasteiger partial charge in [-0.05, 0) is 11.5 Å². The molecule has 0 saturated carbocycles. The standard InChI is InChI=1S/C18H20N2O4/c1-12(2)17(11-21)19-10-14-8-15(20(23)24)9-16(18(14)22)13-6-4-3-5-7-13/h3-10,12,17,21-22H,11H2,1-2H3/t17-/m1/s1. The minimum absolute atomic E-state index is 0.0732. The van der Waals surface area contributed by atoms with Crippen LogP contribution in [0.5, 0.6) is 5.75 Å². The smallest absolute Gasteiger partial charge is 0.270 e. The summed E-state index contributed by atoms with van der Waals surface area (Å²) >= 11 is 0. The van der Waals surface area contributed by atoms with E-state index in [2.05, 4.69) is 4.99 Å². The highest BCUT2D eigenvalue weighted by Crippen LogP contribution is 2.35. The van der Waals surface area contributed by atoms with Gasteiger partial charge in [0.25, 0.3) is 5.69 Å². The summed E-state index contributed by atoms with van der Waals surface area (Å²) in [6, 6.07) is 11.2. The van der Waals surface area contributed by atoms with E-state index in [1.807, 2.05) is 19.9 Å². The first-order valence-electron chi connectivity index (χ1n) is 7.65.